The maximum atomic E-state index is 13.4. The highest BCUT2D eigenvalue weighted by atomic mass is 16.7. The van der Waals surface area contributed by atoms with Gasteiger partial charge >= 0.3 is 6.03 Å². The summed E-state index contributed by atoms with van der Waals surface area (Å²) in [6.07, 6.45) is 0.899. The van der Waals surface area contributed by atoms with Crippen LogP contribution in [-0.4, -0.2) is 79.9 Å². The molecule has 0 spiro atoms. The van der Waals surface area contributed by atoms with Crippen LogP contribution in [0.4, 0.5) is 16.2 Å². The van der Waals surface area contributed by atoms with Crippen molar-refractivity contribution in [1.29, 1.82) is 0 Å². The highest BCUT2D eigenvalue weighted by Gasteiger charge is 2.25. The van der Waals surface area contributed by atoms with Crippen LogP contribution in [0.2, 0.25) is 0 Å². The van der Waals surface area contributed by atoms with Crippen LogP contribution in [0.25, 0.3) is 0 Å². The summed E-state index contributed by atoms with van der Waals surface area (Å²) in [6, 6.07) is 23.8. The predicted octanol–water partition coefficient (Wildman–Crippen LogP) is 4.18. The van der Waals surface area contributed by atoms with Gasteiger partial charge < -0.3 is 30.2 Å². The number of nitrogens with one attached hydrogen (secondary N) is 1. The molecular weight excluding hydrogens is 534 g/mol. The van der Waals surface area contributed by atoms with Crippen molar-refractivity contribution in [2.45, 2.75) is 25.7 Å². The fourth-order valence-electron chi connectivity index (χ4n) is 4.87. The van der Waals surface area contributed by atoms with E-state index in [4.69, 9.17) is 19.9 Å². The van der Waals surface area contributed by atoms with Gasteiger partial charge in [0.05, 0.1) is 24.6 Å². The Hall–Kier alpha value is -4.25. The van der Waals surface area contributed by atoms with Crippen molar-refractivity contribution in [1.82, 2.24) is 9.80 Å². The zero-order chi connectivity index (χ0) is 29.1. The molecule has 0 bridgehead atoms. The van der Waals surface area contributed by atoms with Gasteiger partial charge in [-0.3, -0.25) is 9.69 Å². The first kappa shape index (κ1) is 29.2. The molecule has 3 N–H and O–H groups in total. The molecule has 2 fully saturated rings. The number of carbonyl (C=O) groups is 2. The van der Waals surface area contributed by atoms with Gasteiger partial charge in [-0.1, -0.05) is 54.6 Å². The van der Waals surface area contributed by atoms with Crippen molar-refractivity contribution in [2.75, 3.05) is 57.1 Å². The Labute approximate surface area is 246 Å². The summed E-state index contributed by atoms with van der Waals surface area (Å²) in [7, 11) is 0. The molecular formula is C32H37N5O5. The lowest BCUT2D eigenvalue weighted by Crippen LogP contribution is -2.38. The van der Waals surface area contributed by atoms with Crippen molar-refractivity contribution >= 4 is 29.2 Å². The third kappa shape index (κ3) is 8.39. The standard InChI is InChI=1S/C32H37N5O5/c33-27-9-4-5-10-28(27)34-31(38)26-13-11-25(12-14-26)22-37(16-6-15-36-17-19-40-20-18-36)32(39)35-29-23-41-30(42-29)21-24-7-2-1-3-8-24/h1-5,7-14,30H,6,15-23,33H2,(H,34,38). The second-order valence-electron chi connectivity index (χ2n) is 10.3. The van der Waals surface area contributed by atoms with Crippen molar-refractivity contribution in [3.05, 3.63) is 95.6 Å². The average Bonchev–Trinajstić information content (AvgIpc) is 3.45. The Morgan fingerprint density at radius 3 is 2.45 bits per heavy atom. The number of para-hydroxylation sites is 2. The van der Waals surface area contributed by atoms with E-state index in [1.165, 1.54) is 0 Å². The van der Waals surface area contributed by atoms with Gasteiger partial charge in [-0.05, 0) is 41.8 Å². The number of ether oxygens (including phenoxy) is 3. The molecule has 1 unspecified atom stereocenters. The van der Waals surface area contributed by atoms with Crippen LogP contribution in [0.1, 0.15) is 27.9 Å². The summed E-state index contributed by atoms with van der Waals surface area (Å²) in [4.78, 5) is 34.4. The van der Waals surface area contributed by atoms with E-state index in [-0.39, 0.29) is 24.4 Å². The van der Waals surface area contributed by atoms with E-state index in [2.05, 4.69) is 15.2 Å². The summed E-state index contributed by atoms with van der Waals surface area (Å²) in [5.41, 5.74) is 9.48. The first-order valence-corrected chi connectivity index (χ1v) is 14.3. The number of benzene rings is 3. The molecule has 0 aliphatic carbocycles. The second kappa shape index (κ2) is 14.6. The third-order valence-electron chi connectivity index (χ3n) is 7.20. The Balaban J connectivity index is 1.21. The number of anilines is 2. The summed E-state index contributed by atoms with van der Waals surface area (Å²) in [5, 5.41) is 2.84. The summed E-state index contributed by atoms with van der Waals surface area (Å²) in [6.45, 7) is 5.13. The van der Waals surface area contributed by atoms with Crippen LogP contribution in [0, 0.1) is 0 Å². The number of urea groups is 1. The molecule has 3 aromatic carbocycles. The summed E-state index contributed by atoms with van der Waals surface area (Å²) in [5.74, 6) is 0.0269. The molecule has 3 amide bonds. The maximum absolute atomic E-state index is 13.4. The molecule has 2 aliphatic rings. The van der Waals surface area contributed by atoms with Crippen molar-refractivity contribution in [2.24, 2.45) is 4.99 Å². The number of hydrogen-bond donors (Lipinski definition) is 2. The Bertz CT molecular complexity index is 1360. The molecule has 5 rings (SSSR count). The minimum atomic E-state index is -0.473. The molecule has 10 heteroatoms. The van der Waals surface area contributed by atoms with Crippen LogP contribution >= 0.6 is 0 Å². The lowest BCUT2D eigenvalue weighted by molar-refractivity contribution is -0.0209. The molecule has 10 nitrogen and oxygen atoms in total. The predicted molar refractivity (Wildman–Crippen MR) is 161 cm³/mol. The number of nitrogens with two attached hydrogens (primary N) is 1. The van der Waals surface area contributed by atoms with Gasteiger partial charge in [0.25, 0.3) is 5.91 Å². The first-order valence-electron chi connectivity index (χ1n) is 14.3. The molecule has 220 valence electrons. The SMILES string of the molecule is Nc1ccccc1NC(=O)c1ccc(CN(CCCN2CCOCC2)C(=O)N=C2COC(Cc3ccccc3)O2)cc1. The van der Waals surface area contributed by atoms with E-state index in [1.807, 2.05) is 54.6 Å². The molecule has 42 heavy (non-hydrogen) atoms. The van der Waals surface area contributed by atoms with Gasteiger partial charge in [0, 0.05) is 44.7 Å². The zero-order valence-electron chi connectivity index (χ0n) is 23.6. The van der Waals surface area contributed by atoms with Crippen molar-refractivity contribution < 1.29 is 23.8 Å². The van der Waals surface area contributed by atoms with E-state index in [1.54, 1.807) is 29.2 Å². The van der Waals surface area contributed by atoms with Crippen LogP contribution in [-0.2, 0) is 27.2 Å². The number of amides is 3. The monoisotopic (exact) mass is 571 g/mol. The van der Waals surface area contributed by atoms with E-state index in [0.29, 0.717) is 36.4 Å². The largest absolute Gasteiger partial charge is 0.449 e. The fourth-order valence-corrected chi connectivity index (χ4v) is 4.87. The van der Waals surface area contributed by atoms with Crippen LogP contribution < -0.4 is 11.1 Å². The van der Waals surface area contributed by atoms with E-state index in [0.717, 1.165) is 50.4 Å². The van der Waals surface area contributed by atoms with E-state index in [9.17, 15) is 9.59 Å². The van der Waals surface area contributed by atoms with Crippen molar-refractivity contribution in [3.63, 3.8) is 0 Å². The normalized spacial score (nSPS) is 18.0. The molecule has 2 aliphatic heterocycles. The van der Waals surface area contributed by atoms with Crippen LogP contribution in [0.5, 0.6) is 0 Å². The third-order valence-corrected chi connectivity index (χ3v) is 7.20. The number of aliphatic imine (C=N–C) groups is 1. The molecule has 2 heterocycles. The number of morpholine rings is 1. The molecule has 3 aromatic rings. The lowest BCUT2D eigenvalue weighted by Gasteiger charge is -2.28. The zero-order valence-corrected chi connectivity index (χ0v) is 23.6. The topological polar surface area (TPSA) is 119 Å². The summed E-state index contributed by atoms with van der Waals surface area (Å²) >= 11 is 0. The Morgan fingerprint density at radius 2 is 1.69 bits per heavy atom. The lowest BCUT2D eigenvalue weighted by atomic mass is 10.1. The average molecular weight is 572 g/mol. The molecule has 1 atom stereocenters. The number of nitrogen functional groups attached to an aromatic ring is 1. The fraction of sp³-hybridized carbons (Fsp3) is 0.344. The van der Waals surface area contributed by atoms with Crippen LogP contribution in [0.3, 0.4) is 0 Å². The van der Waals surface area contributed by atoms with Gasteiger partial charge in [-0.2, -0.15) is 4.99 Å². The van der Waals surface area contributed by atoms with Crippen molar-refractivity contribution in [3.8, 4) is 0 Å². The first-order chi connectivity index (χ1) is 20.5. The minimum absolute atomic E-state index is 0.153. The number of nitrogens with zero attached hydrogens (tertiary/aromatic N) is 3. The van der Waals surface area contributed by atoms with Gasteiger partial charge in [0.15, 0.2) is 0 Å². The number of rotatable bonds is 10. The molecule has 0 aromatic heterocycles. The Morgan fingerprint density at radius 1 is 0.952 bits per heavy atom. The van der Waals surface area contributed by atoms with E-state index >= 15 is 0 Å². The minimum Gasteiger partial charge on any atom is -0.449 e. The summed E-state index contributed by atoms with van der Waals surface area (Å²) < 4.78 is 17.0. The smallest absolute Gasteiger partial charge is 0.346 e. The number of carbonyl (C=O) groups excluding carboxylic acids is 2. The van der Waals surface area contributed by atoms with Gasteiger partial charge in [0.1, 0.15) is 6.61 Å². The van der Waals surface area contributed by atoms with Gasteiger partial charge in [-0.15, -0.1) is 0 Å². The quantitative estimate of drug-likeness (QED) is 0.351. The highest BCUT2D eigenvalue weighted by molar-refractivity contribution is 6.05. The highest BCUT2D eigenvalue weighted by Crippen LogP contribution is 2.19. The Kier molecular flexibility index (Phi) is 10.2. The van der Waals surface area contributed by atoms with Gasteiger partial charge in [-0.25, -0.2) is 4.79 Å². The molecule has 2 saturated heterocycles. The second-order valence-corrected chi connectivity index (χ2v) is 10.3. The van der Waals surface area contributed by atoms with E-state index < -0.39 is 6.29 Å². The van der Waals surface area contributed by atoms with Gasteiger partial charge in [0.2, 0.25) is 12.2 Å². The maximum Gasteiger partial charge on any atom is 0.346 e. The van der Waals surface area contributed by atoms with Crippen LogP contribution in [0.15, 0.2) is 83.9 Å². The molecule has 0 radical (unpaired) electrons. The number of hydrogen-bond acceptors (Lipinski definition) is 7. The molecule has 0 saturated carbocycles.